The van der Waals surface area contributed by atoms with Gasteiger partial charge in [-0.05, 0) is 25.7 Å². The van der Waals surface area contributed by atoms with Crippen LogP contribution in [0.15, 0.2) is 12.5 Å². The van der Waals surface area contributed by atoms with Crippen LogP contribution in [0.5, 0.6) is 5.88 Å². The van der Waals surface area contributed by atoms with Crippen molar-refractivity contribution in [2.24, 2.45) is 0 Å². The van der Waals surface area contributed by atoms with Gasteiger partial charge in [-0.2, -0.15) is 13.2 Å². The molecule has 1 aromatic rings. The molecule has 0 radical (unpaired) electrons. The lowest BCUT2D eigenvalue weighted by atomic mass is 10.3. The summed E-state index contributed by atoms with van der Waals surface area (Å²) in [6.07, 6.45) is 0.791. The number of hydrogen-bond acceptors (Lipinski definition) is 3. The lowest BCUT2D eigenvalue weighted by Gasteiger charge is -2.15. The summed E-state index contributed by atoms with van der Waals surface area (Å²) in [7, 11) is 0. The normalized spacial score (nSPS) is 17.7. The molecule has 1 aliphatic carbocycles. The average molecular weight is 232 g/mol. The quantitative estimate of drug-likeness (QED) is 0.786. The minimum atomic E-state index is -4.46. The zero-order chi connectivity index (χ0) is 11.6. The SMILES string of the molecule is FC(F)(F)c1cncnc1OC1CCCC1. The van der Waals surface area contributed by atoms with Gasteiger partial charge in [-0.25, -0.2) is 9.97 Å². The monoisotopic (exact) mass is 232 g/mol. The predicted octanol–water partition coefficient (Wildman–Crippen LogP) is 2.82. The van der Waals surface area contributed by atoms with Gasteiger partial charge in [0.05, 0.1) is 0 Å². The van der Waals surface area contributed by atoms with Crippen molar-refractivity contribution in [2.75, 3.05) is 0 Å². The first-order valence-corrected chi connectivity index (χ1v) is 5.11. The second kappa shape index (κ2) is 4.27. The van der Waals surface area contributed by atoms with Crippen LogP contribution in [0.4, 0.5) is 13.2 Å². The Morgan fingerprint density at radius 1 is 1.25 bits per heavy atom. The summed E-state index contributed by atoms with van der Waals surface area (Å²) in [5.41, 5.74) is -0.901. The Morgan fingerprint density at radius 2 is 1.94 bits per heavy atom. The Balaban J connectivity index is 2.19. The first-order valence-electron chi connectivity index (χ1n) is 5.11. The summed E-state index contributed by atoms with van der Waals surface area (Å²) in [5.74, 6) is -0.352. The van der Waals surface area contributed by atoms with Gasteiger partial charge in [0, 0.05) is 6.20 Å². The van der Waals surface area contributed by atoms with Crippen molar-refractivity contribution < 1.29 is 17.9 Å². The fourth-order valence-corrected chi connectivity index (χ4v) is 1.77. The molecule has 16 heavy (non-hydrogen) atoms. The van der Waals surface area contributed by atoms with Gasteiger partial charge < -0.3 is 4.74 Å². The van der Waals surface area contributed by atoms with Crippen molar-refractivity contribution in [1.29, 1.82) is 0 Å². The van der Waals surface area contributed by atoms with E-state index in [1.165, 1.54) is 0 Å². The Hall–Kier alpha value is -1.33. The standard InChI is InChI=1S/C10H11F3N2O/c11-10(12,13)8-5-14-6-15-9(8)16-7-3-1-2-4-7/h5-7H,1-4H2. The Labute approximate surface area is 90.7 Å². The summed E-state index contributed by atoms with van der Waals surface area (Å²) in [6.45, 7) is 0. The average Bonchev–Trinajstić information content (AvgIpc) is 2.70. The molecule has 0 unspecified atom stereocenters. The van der Waals surface area contributed by atoms with Crippen LogP contribution >= 0.6 is 0 Å². The van der Waals surface area contributed by atoms with Crippen molar-refractivity contribution in [3.05, 3.63) is 18.1 Å². The van der Waals surface area contributed by atoms with Gasteiger partial charge >= 0.3 is 6.18 Å². The smallest absolute Gasteiger partial charge is 0.423 e. The van der Waals surface area contributed by atoms with E-state index in [1.54, 1.807) is 0 Å². The van der Waals surface area contributed by atoms with Crippen LogP contribution in [0, 0.1) is 0 Å². The maximum Gasteiger partial charge on any atom is 0.423 e. The molecule has 3 nitrogen and oxygen atoms in total. The van der Waals surface area contributed by atoms with Crippen LogP contribution in [-0.4, -0.2) is 16.1 Å². The van der Waals surface area contributed by atoms with Crippen molar-refractivity contribution >= 4 is 0 Å². The fraction of sp³-hybridized carbons (Fsp3) is 0.600. The van der Waals surface area contributed by atoms with E-state index in [4.69, 9.17) is 4.74 Å². The van der Waals surface area contributed by atoms with E-state index in [9.17, 15) is 13.2 Å². The molecule has 0 spiro atoms. The first-order chi connectivity index (χ1) is 7.57. The summed E-state index contributed by atoms with van der Waals surface area (Å²) in [6, 6.07) is 0. The van der Waals surface area contributed by atoms with E-state index >= 15 is 0 Å². The van der Waals surface area contributed by atoms with Gasteiger partial charge in [-0.1, -0.05) is 0 Å². The molecule has 0 N–H and O–H groups in total. The lowest BCUT2D eigenvalue weighted by molar-refractivity contribution is -0.139. The van der Waals surface area contributed by atoms with Crippen LogP contribution in [0.3, 0.4) is 0 Å². The number of alkyl halides is 3. The molecule has 1 fully saturated rings. The largest absolute Gasteiger partial charge is 0.474 e. The van der Waals surface area contributed by atoms with Gasteiger partial charge in [0.25, 0.3) is 0 Å². The van der Waals surface area contributed by atoms with Crippen LogP contribution in [-0.2, 0) is 6.18 Å². The van der Waals surface area contributed by atoms with Crippen molar-refractivity contribution in [3.63, 3.8) is 0 Å². The molecule has 0 amide bonds. The highest BCUT2D eigenvalue weighted by atomic mass is 19.4. The van der Waals surface area contributed by atoms with Gasteiger partial charge in [0.2, 0.25) is 5.88 Å². The molecule has 0 atom stereocenters. The van der Waals surface area contributed by atoms with Crippen LogP contribution in [0.25, 0.3) is 0 Å². The second-order valence-electron chi connectivity index (χ2n) is 3.76. The third kappa shape index (κ3) is 2.43. The topological polar surface area (TPSA) is 35.0 Å². The van der Waals surface area contributed by atoms with Gasteiger partial charge in [-0.15, -0.1) is 0 Å². The van der Waals surface area contributed by atoms with Crippen LogP contribution in [0.1, 0.15) is 31.2 Å². The maximum atomic E-state index is 12.6. The molecule has 0 bridgehead atoms. The van der Waals surface area contributed by atoms with Gasteiger partial charge in [-0.3, -0.25) is 0 Å². The molecule has 0 aromatic carbocycles. The van der Waals surface area contributed by atoms with Crippen molar-refractivity contribution in [3.8, 4) is 5.88 Å². The zero-order valence-electron chi connectivity index (χ0n) is 8.50. The minimum absolute atomic E-state index is 0.143. The van der Waals surface area contributed by atoms with E-state index in [0.29, 0.717) is 0 Å². The lowest BCUT2D eigenvalue weighted by Crippen LogP contribution is -2.16. The third-order valence-corrected chi connectivity index (χ3v) is 2.56. The first kappa shape index (κ1) is 11.2. The summed E-state index contributed by atoms with van der Waals surface area (Å²) in [5, 5.41) is 0. The van der Waals surface area contributed by atoms with Crippen molar-refractivity contribution in [1.82, 2.24) is 9.97 Å². The Morgan fingerprint density at radius 3 is 2.56 bits per heavy atom. The zero-order valence-corrected chi connectivity index (χ0v) is 8.50. The number of nitrogens with zero attached hydrogens (tertiary/aromatic N) is 2. The molecular formula is C10H11F3N2O. The second-order valence-corrected chi connectivity index (χ2v) is 3.76. The highest BCUT2D eigenvalue weighted by Crippen LogP contribution is 2.35. The molecule has 0 aliphatic heterocycles. The van der Waals surface area contributed by atoms with E-state index in [2.05, 4.69) is 9.97 Å². The summed E-state index contributed by atoms with van der Waals surface area (Å²) in [4.78, 5) is 6.93. The number of hydrogen-bond donors (Lipinski definition) is 0. The molecule has 1 aliphatic rings. The van der Waals surface area contributed by atoms with Gasteiger partial charge in [0.15, 0.2) is 0 Å². The Kier molecular flexibility index (Phi) is 2.98. The van der Waals surface area contributed by atoms with E-state index < -0.39 is 11.7 Å². The van der Waals surface area contributed by atoms with E-state index in [0.717, 1.165) is 38.2 Å². The molecule has 1 saturated carbocycles. The molecule has 1 heterocycles. The molecule has 6 heteroatoms. The van der Waals surface area contributed by atoms with E-state index in [1.807, 2.05) is 0 Å². The number of halogens is 3. The number of rotatable bonds is 2. The van der Waals surface area contributed by atoms with Crippen molar-refractivity contribution in [2.45, 2.75) is 38.0 Å². The fourth-order valence-electron chi connectivity index (χ4n) is 1.77. The highest BCUT2D eigenvalue weighted by molar-refractivity contribution is 5.25. The summed E-state index contributed by atoms with van der Waals surface area (Å²) >= 11 is 0. The minimum Gasteiger partial charge on any atom is -0.474 e. The van der Waals surface area contributed by atoms with E-state index in [-0.39, 0.29) is 12.0 Å². The molecular weight excluding hydrogens is 221 g/mol. The van der Waals surface area contributed by atoms with Gasteiger partial charge in [0.1, 0.15) is 18.0 Å². The third-order valence-electron chi connectivity index (χ3n) is 2.56. The number of ether oxygens (including phenoxy) is 1. The predicted molar refractivity (Wildman–Crippen MR) is 49.9 cm³/mol. The Bertz CT molecular complexity index is 361. The maximum absolute atomic E-state index is 12.6. The number of aromatic nitrogens is 2. The molecule has 2 rings (SSSR count). The molecule has 0 saturated heterocycles. The molecule has 88 valence electrons. The van der Waals surface area contributed by atoms with Crippen LogP contribution in [0.2, 0.25) is 0 Å². The molecule has 1 aromatic heterocycles. The summed E-state index contributed by atoms with van der Waals surface area (Å²) < 4.78 is 42.9. The highest BCUT2D eigenvalue weighted by Gasteiger charge is 2.36. The van der Waals surface area contributed by atoms with Crippen LogP contribution < -0.4 is 4.74 Å².